The first-order valence-corrected chi connectivity index (χ1v) is 12.5. The Balaban J connectivity index is 1.34. The van der Waals surface area contributed by atoms with E-state index in [2.05, 4.69) is 32.0 Å². The summed E-state index contributed by atoms with van der Waals surface area (Å²) in [6.07, 6.45) is 8.70. The molecule has 0 amide bonds. The van der Waals surface area contributed by atoms with Crippen LogP contribution in [0.3, 0.4) is 0 Å². The molecule has 2 bridgehead atoms. The van der Waals surface area contributed by atoms with Gasteiger partial charge in [0.25, 0.3) is 0 Å². The molecule has 0 unspecified atom stereocenters. The van der Waals surface area contributed by atoms with Crippen LogP contribution >= 0.6 is 11.6 Å². The minimum atomic E-state index is -1.57. The number of pyridine rings is 1. The van der Waals surface area contributed by atoms with Crippen molar-refractivity contribution in [1.29, 1.82) is 5.26 Å². The van der Waals surface area contributed by atoms with Gasteiger partial charge in [0.2, 0.25) is 0 Å². The zero-order valence-corrected chi connectivity index (χ0v) is 20.1. The maximum atomic E-state index is 13.8. The zero-order chi connectivity index (χ0) is 25.4. The van der Waals surface area contributed by atoms with Crippen LogP contribution in [0.4, 0.5) is 15.8 Å². The molecule has 0 spiro atoms. The molecule has 0 radical (unpaired) electrons. The summed E-state index contributed by atoms with van der Waals surface area (Å²) in [6.45, 7) is 0. The summed E-state index contributed by atoms with van der Waals surface area (Å²) < 4.78 is 25.1. The lowest BCUT2D eigenvalue weighted by Gasteiger charge is -2.62. The summed E-state index contributed by atoms with van der Waals surface area (Å²) in [5.41, 5.74) is 3.23. The fraction of sp³-hybridized carbons (Fsp3) is 0.333. The van der Waals surface area contributed by atoms with E-state index in [1.54, 1.807) is 35.3 Å². The van der Waals surface area contributed by atoms with E-state index in [4.69, 9.17) is 11.6 Å². The Morgan fingerprint density at radius 1 is 1.22 bits per heavy atom. The van der Waals surface area contributed by atoms with Gasteiger partial charge in [-0.2, -0.15) is 5.26 Å². The van der Waals surface area contributed by atoms with Crippen molar-refractivity contribution >= 4 is 33.9 Å². The molecule has 9 heteroatoms. The molecular weight excluding hydrogens is 477 g/mol. The van der Waals surface area contributed by atoms with Crippen LogP contribution in [0.5, 0.6) is 0 Å². The first-order chi connectivity index (χ1) is 17.9. The summed E-state index contributed by atoms with van der Waals surface area (Å²) in [4.78, 5) is 4.46. The normalized spacial score (nSPS) is 24.1. The second-order valence-electron chi connectivity index (χ2n) is 10.2. The highest BCUT2D eigenvalue weighted by Gasteiger charge is 2.56. The number of fused-ring (bicyclic) bond motifs is 1. The highest BCUT2D eigenvalue weighted by atomic mass is 35.5. The first-order valence-electron chi connectivity index (χ1n) is 12.6. The Morgan fingerprint density at radius 3 is 2.67 bits per heavy atom. The summed E-state index contributed by atoms with van der Waals surface area (Å²) in [7, 11) is 0. The van der Waals surface area contributed by atoms with Gasteiger partial charge in [-0.3, -0.25) is 4.98 Å². The number of hydrogen-bond donors (Lipinski definition) is 2. The van der Waals surface area contributed by atoms with E-state index in [1.165, 1.54) is 12.1 Å². The molecule has 1 atom stereocenters. The lowest BCUT2D eigenvalue weighted by molar-refractivity contribution is 0.00222. The Hall–Kier alpha value is -3.70. The summed E-state index contributed by atoms with van der Waals surface area (Å²) in [5.74, 6) is 0.386. The van der Waals surface area contributed by atoms with Gasteiger partial charge >= 0.3 is 0 Å². The molecule has 2 N–H and O–H groups in total. The lowest BCUT2D eigenvalue weighted by atomic mass is 9.50. The Bertz CT molecular complexity index is 1580. The van der Waals surface area contributed by atoms with Gasteiger partial charge < -0.3 is 10.6 Å². The van der Waals surface area contributed by atoms with Crippen LogP contribution in [0.2, 0.25) is 5.02 Å². The van der Waals surface area contributed by atoms with Gasteiger partial charge in [-0.05, 0) is 67.9 Å². The van der Waals surface area contributed by atoms with Crippen LogP contribution in [-0.4, -0.2) is 25.5 Å². The fourth-order valence-corrected chi connectivity index (χ4v) is 5.67. The molecule has 0 aliphatic heterocycles. The number of nitrogens with one attached hydrogen (secondary N) is 2. The van der Waals surface area contributed by atoms with Crippen LogP contribution in [0, 0.1) is 23.1 Å². The van der Waals surface area contributed by atoms with Crippen molar-refractivity contribution < 1.29 is 5.76 Å². The van der Waals surface area contributed by atoms with Crippen LogP contribution in [0.25, 0.3) is 10.9 Å². The van der Waals surface area contributed by atoms with E-state index < -0.39 is 6.02 Å². The number of rotatable bonds is 7. The average Bonchev–Trinajstić information content (AvgIpc) is 3.56. The van der Waals surface area contributed by atoms with E-state index in [1.807, 2.05) is 6.07 Å². The van der Waals surface area contributed by atoms with Crippen molar-refractivity contribution in [2.45, 2.75) is 49.7 Å². The van der Waals surface area contributed by atoms with E-state index in [0.29, 0.717) is 50.2 Å². The summed E-state index contributed by atoms with van der Waals surface area (Å²) in [6, 6.07) is 10.4. The standard InChI is InChI=1S/C27H23ClFN7/c28-22-8-19(7-21-24(17(12-30)13-31-26(21)22)33-27-9-15(10-27)11-27)32-25(16-1-3-18(29)4-2-16)23-14-36(35-34-23)20-5-6-20/h1-4,7-8,13-15,20,25,32H,5-6,9-11H2,(H,31,33)/t15?,25-,27?/m0/s1/i25D. The SMILES string of the molecule is [2H][C@](Nc1cc(Cl)c2ncc(C#N)c(NC34CC(C3)C4)c2c1)(c1ccc(F)cc1)c1cn(C2CC2)nn1. The number of hydrogen-bond acceptors (Lipinski definition) is 6. The second-order valence-corrected chi connectivity index (χ2v) is 10.6. The molecule has 36 heavy (non-hydrogen) atoms. The number of anilines is 2. The van der Waals surface area contributed by atoms with Crippen LogP contribution < -0.4 is 10.6 Å². The van der Waals surface area contributed by atoms with Crippen molar-refractivity contribution in [3.05, 3.63) is 76.5 Å². The van der Waals surface area contributed by atoms with Crippen LogP contribution in [-0.2, 0) is 0 Å². The van der Waals surface area contributed by atoms with Gasteiger partial charge in [0.1, 0.15) is 17.6 Å². The average molecular weight is 501 g/mol. The second kappa shape index (κ2) is 7.90. The quantitative estimate of drug-likeness (QED) is 0.324. The van der Waals surface area contributed by atoms with Crippen molar-refractivity contribution in [1.82, 2.24) is 20.0 Å². The number of aromatic nitrogens is 4. The molecule has 180 valence electrons. The molecule has 4 aliphatic carbocycles. The number of nitrogens with zero attached hydrogens (tertiary/aromatic N) is 5. The van der Waals surface area contributed by atoms with Gasteiger partial charge in [-0.25, -0.2) is 9.07 Å². The van der Waals surface area contributed by atoms with Crippen molar-refractivity contribution in [3.63, 3.8) is 0 Å². The third-order valence-electron chi connectivity index (χ3n) is 7.56. The number of benzene rings is 2. The van der Waals surface area contributed by atoms with Crippen LogP contribution in [0.1, 0.15) is 62.4 Å². The summed E-state index contributed by atoms with van der Waals surface area (Å²) >= 11 is 6.70. The Labute approximate surface area is 213 Å². The molecule has 4 aromatic rings. The summed E-state index contributed by atoms with van der Waals surface area (Å²) in [5, 5.41) is 26.4. The highest BCUT2D eigenvalue weighted by Crippen LogP contribution is 2.59. The zero-order valence-electron chi connectivity index (χ0n) is 20.3. The van der Waals surface area contributed by atoms with E-state index in [9.17, 15) is 11.0 Å². The van der Waals surface area contributed by atoms with Crippen molar-refractivity contribution in [3.8, 4) is 6.07 Å². The first kappa shape index (κ1) is 20.5. The molecule has 4 fully saturated rings. The van der Waals surface area contributed by atoms with Gasteiger partial charge in [0, 0.05) is 22.8 Å². The van der Waals surface area contributed by atoms with Gasteiger partial charge in [0.15, 0.2) is 0 Å². The van der Waals surface area contributed by atoms with E-state index in [0.717, 1.165) is 38.0 Å². The monoisotopic (exact) mass is 500 g/mol. The van der Waals surface area contributed by atoms with Crippen molar-refractivity contribution in [2.24, 2.45) is 5.92 Å². The number of halogens is 2. The molecule has 4 aliphatic rings. The third-order valence-corrected chi connectivity index (χ3v) is 7.85. The van der Waals surface area contributed by atoms with E-state index in [-0.39, 0.29) is 11.4 Å². The molecule has 2 aromatic heterocycles. The fourth-order valence-electron chi connectivity index (χ4n) is 5.40. The predicted octanol–water partition coefficient (Wildman–Crippen LogP) is 5.99. The lowest BCUT2D eigenvalue weighted by Crippen LogP contribution is -2.63. The Kier molecular flexibility index (Phi) is 4.50. The largest absolute Gasteiger partial charge is 0.378 e. The molecule has 7 nitrogen and oxygen atoms in total. The molecule has 4 saturated carbocycles. The third kappa shape index (κ3) is 3.58. The van der Waals surface area contributed by atoms with Gasteiger partial charge in [-0.15, -0.1) is 5.10 Å². The van der Waals surface area contributed by atoms with E-state index >= 15 is 0 Å². The molecule has 8 rings (SSSR count). The smallest absolute Gasteiger partial charge is 0.123 e. The minimum absolute atomic E-state index is 0.0368. The predicted molar refractivity (Wildman–Crippen MR) is 135 cm³/mol. The maximum Gasteiger partial charge on any atom is 0.123 e. The molecule has 2 aromatic carbocycles. The topological polar surface area (TPSA) is 91.5 Å². The number of nitriles is 1. The van der Waals surface area contributed by atoms with Crippen LogP contribution in [0.15, 0.2) is 48.8 Å². The minimum Gasteiger partial charge on any atom is -0.378 e. The maximum absolute atomic E-state index is 13.8. The molecule has 0 saturated heterocycles. The molecule has 2 heterocycles. The molecular formula is C27H23ClFN7. The highest BCUT2D eigenvalue weighted by molar-refractivity contribution is 6.35. The van der Waals surface area contributed by atoms with Crippen molar-refractivity contribution in [2.75, 3.05) is 10.6 Å². The van der Waals surface area contributed by atoms with Gasteiger partial charge in [0.05, 0.1) is 41.4 Å². The van der Waals surface area contributed by atoms with Gasteiger partial charge in [-0.1, -0.05) is 28.9 Å². The Morgan fingerprint density at radius 2 is 2.00 bits per heavy atom.